The van der Waals surface area contributed by atoms with Crippen molar-refractivity contribution in [2.75, 3.05) is 0 Å². The fourth-order valence-corrected chi connectivity index (χ4v) is 6.76. The number of rotatable bonds is 1. The summed E-state index contributed by atoms with van der Waals surface area (Å²) < 4.78 is 2.42. The van der Waals surface area contributed by atoms with Gasteiger partial charge >= 0.3 is 0 Å². The smallest absolute Gasteiger partial charge is 0.0991 e. The van der Waals surface area contributed by atoms with E-state index in [0.717, 1.165) is 5.69 Å². The third-order valence-electron chi connectivity index (χ3n) is 8.55. The molecular formula is C36H24N2. The number of hydrogen-bond acceptors (Lipinski definition) is 1. The van der Waals surface area contributed by atoms with Crippen molar-refractivity contribution in [3.63, 3.8) is 0 Å². The Morgan fingerprint density at radius 1 is 0.658 bits per heavy atom. The van der Waals surface area contributed by atoms with Crippen LogP contribution in [0.25, 0.3) is 60.2 Å². The van der Waals surface area contributed by atoms with Gasteiger partial charge in [-0.1, -0.05) is 80.6 Å². The maximum absolute atomic E-state index is 9.46. The van der Waals surface area contributed by atoms with Crippen molar-refractivity contribution < 1.29 is 0 Å². The van der Waals surface area contributed by atoms with Crippen LogP contribution in [0.15, 0.2) is 109 Å². The van der Waals surface area contributed by atoms with Crippen LogP contribution >= 0.6 is 0 Å². The van der Waals surface area contributed by atoms with Gasteiger partial charge < -0.3 is 4.57 Å². The van der Waals surface area contributed by atoms with Gasteiger partial charge in [0.25, 0.3) is 0 Å². The zero-order valence-electron chi connectivity index (χ0n) is 21.3. The predicted octanol–water partition coefficient (Wildman–Crippen LogP) is 9.27. The fraction of sp³-hybridized carbons (Fsp3) is 0.0833. The Hall–Kier alpha value is -4.87. The molecule has 6 aromatic carbocycles. The number of benzene rings is 6. The minimum Gasteiger partial charge on any atom is -0.309 e. The molecule has 0 amide bonds. The largest absolute Gasteiger partial charge is 0.309 e. The summed E-state index contributed by atoms with van der Waals surface area (Å²) in [6.07, 6.45) is 0. The first-order valence-electron chi connectivity index (χ1n) is 13.1. The van der Waals surface area contributed by atoms with Crippen molar-refractivity contribution in [1.29, 1.82) is 5.26 Å². The summed E-state index contributed by atoms with van der Waals surface area (Å²) in [6.45, 7) is 4.69. The van der Waals surface area contributed by atoms with E-state index in [1.54, 1.807) is 0 Å². The van der Waals surface area contributed by atoms with E-state index in [0.29, 0.717) is 5.56 Å². The van der Waals surface area contributed by atoms with Crippen LogP contribution in [0.5, 0.6) is 0 Å². The molecule has 1 aromatic heterocycles. The third-order valence-corrected chi connectivity index (χ3v) is 8.55. The number of fused-ring (bicyclic) bond motifs is 7. The molecule has 0 radical (unpaired) electrons. The van der Waals surface area contributed by atoms with Gasteiger partial charge in [-0.3, -0.25) is 0 Å². The Morgan fingerprint density at radius 2 is 1.32 bits per heavy atom. The van der Waals surface area contributed by atoms with Gasteiger partial charge in [0.2, 0.25) is 0 Å². The van der Waals surface area contributed by atoms with E-state index in [1.165, 1.54) is 65.6 Å². The number of aromatic nitrogens is 1. The maximum Gasteiger partial charge on any atom is 0.0991 e. The summed E-state index contributed by atoms with van der Waals surface area (Å²) in [4.78, 5) is 0. The Labute approximate surface area is 221 Å². The van der Waals surface area contributed by atoms with E-state index < -0.39 is 0 Å². The van der Waals surface area contributed by atoms with Crippen molar-refractivity contribution in [2.24, 2.45) is 0 Å². The van der Waals surface area contributed by atoms with Crippen LogP contribution in [0.2, 0.25) is 0 Å². The Kier molecular flexibility index (Phi) is 4.10. The van der Waals surface area contributed by atoms with Crippen molar-refractivity contribution >= 4 is 43.4 Å². The normalized spacial score (nSPS) is 13.7. The molecular weight excluding hydrogens is 460 g/mol. The van der Waals surface area contributed by atoms with Gasteiger partial charge in [0.15, 0.2) is 0 Å². The van der Waals surface area contributed by atoms with Crippen LogP contribution in [-0.4, -0.2) is 4.57 Å². The SMILES string of the molecule is CC1(C)c2ccccc2-c2c3c1cccc3cc1c3cc4ccccc4cc3n(-c3ccc(C#N)cc3)c21. The Balaban J connectivity index is 1.67. The molecule has 0 N–H and O–H groups in total. The second-order valence-electron chi connectivity index (χ2n) is 10.9. The molecule has 1 aliphatic carbocycles. The summed E-state index contributed by atoms with van der Waals surface area (Å²) in [6, 6.07) is 41.6. The minimum atomic E-state index is -0.100. The predicted molar refractivity (Wildman–Crippen MR) is 158 cm³/mol. The zero-order valence-corrected chi connectivity index (χ0v) is 21.3. The molecule has 0 spiro atoms. The second kappa shape index (κ2) is 7.34. The van der Waals surface area contributed by atoms with Crippen LogP contribution in [0.4, 0.5) is 0 Å². The zero-order chi connectivity index (χ0) is 25.6. The van der Waals surface area contributed by atoms with E-state index in [9.17, 15) is 5.26 Å². The summed E-state index contributed by atoms with van der Waals surface area (Å²) >= 11 is 0. The summed E-state index contributed by atoms with van der Waals surface area (Å²) in [5.41, 5.74) is 9.36. The molecule has 0 atom stereocenters. The standard InChI is InChI=1S/C36H24N2/c1-36(2)30-12-6-5-11-27(30)34-33-25(10-7-13-31(33)36)19-29-28-18-23-8-3-4-9-24(23)20-32(28)38(35(29)34)26-16-14-22(21-37)15-17-26/h3-20H,1-2H3. The van der Waals surface area contributed by atoms with Crippen molar-refractivity contribution in [2.45, 2.75) is 19.3 Å². The first-order valence-corrected chi connectivity index (χ1v) is 13.1. The summed E-state index contributed by atoms with van der Waals surface area (Å²) in [5, 5.41) is 17.0. The van der Waals surface area contributed by atoms with Gasteiger partial charge in [-0.15, -0.1) is 0 Å². The van der Waals surface area contributed by atoms with Crippen molar-refractivity contribution in [3.05, 3.63) is 126 Å². The second-order valence-corrected chi connectivity index (χ2v) is 10.9. The fourth-order valence-electron chi connectivity index (χ4n) is 6.76. The van der Waals surface area contributed by atoms with Crippen LogP contribution in [0.1, 0.15) is 30.5 Å². The first-order chi connectivity index (χ1) is 18.6. The molecule has 178 valence electrons. The summed E-state index contributed by atoms with van der Waals surface area (Å²) in [5.74, 6) is 0. The number of nitriles is 1. The van der Waals surface area contributed by atoms with Gasteiger partial charge in [-0.05, 0) is 80.7 Å². The lowest BCUT2D eigenvalue weighted by molar-refractivity contribution is 0.645. The third kappa shape index (κ3) is 2.66. The molecule has 2 heteroatoms. The van der Waals surface area contributed by atoms with Crippen molar-refractivity contribution in [1.82, 2.24) is 4.57 Å². The number of hydrogen-bond donors (Lipinski definition) is 0. The molecule has 0 unspecified atom stereocenters. The first kappa shape index (κ1) is 21.2. The molecule has 0 fully saturated rings. The molecule has 0 saturated carbocycles. The van der Waals surface area contributed by atoms with Gasteiger partial charge in [-0.25, -0.2) is 0 Å². The maximum atomic E-state index is 9.46. The molecule has 1 heterocycles. The Morgan fingerprint density at radius 3 is 2.11 bits per heavy atom. The summed E-state index contributed by atoms with van der Waals surface area (Å²) in [7, 11) is 0. The number of nitrogens with zero attached hydrogens (tertiary/aromatic N) is 2. The van der Waals surface area contributed by atoms with E-state index >= 15 is 0 Å². The molecule has 0 aliphatic heterocycles. The lowest BCUT2D eigenvalue weighted by Gasteiger charge is -2.35. The highest BCUT2D eigenvalue weighted by Crippen LogP contribution is 2.52. The topological polar surface area (TPSA) is 28.7 Å². The van der Waals surface area contributed by atoms with Crippen molar-refractivity contribution in [3.8, 4) is 22.9 Å². The molecule has 8 rings (SSSR count). The monoisotopic (exact) mass is 484 g/mol. The molecule has 0 saturated heterocycles. The molecule has 2 nitrogen and oxygen atoms in total. The molecule has 0 bridgehead atoms. The quantitative estimate of drug-likeness (QED) is 0.228. The highest BCUT2D eigenvalue weighted by Gasteiger charge is 2.35. The highest BCUT2D eigenvalue weighted by atomic mass is 15.0. The average molecular weight is 485 g/mol. The van der Waals surface area contributed by atoms with E-state index in [4.69, 9.17) is 0 Å². The van der Waals surface area contributed by atoms with Crippen LogP contribution in [0, 0.1) is 11.3 Å². The van der Waals surface area contributed by atoms with Crippen LogP contribution in [-0.2, 0) is 5.41 Å². The highest BCUT2D eigenvalue weighted by molar-refractivity contribution is 6.24. The van der Waals surface area contributed by atoms with Gasteiger partial charge in [0.1, 0.15) is 0 Å². The lowest BCUT2D eigenvalue weighted by Crippen LogP contribution is -2.23. The average Bonchev–Trinajstić information content (AvgIpc) is 3.26. The van der Waals surface area contributed by atoms with Crippen LogP contribution in [0.3, 0.4) is 0 Å². The molecule has 1 aliphatic rings. The lowest BCUT2D eigenvalue weighted by atomic mass is 9.68. The minimum absolute atomic E-state index is 0.100. The van der Waals surface area contributed by atoms with E-state index in [2.05, 4.69) is 122 Å². The molecule has 38 heavy (non-hydrogen) atoms. The van der Waals surface area contributed by atoms with E-state index in [1.807, 2.05) is 12.1 Å². The molecule has 7 aromatic rings. The van der Waals surface area contributed by atoms with Gasteiger partial charge in [0.05, 0.1) is 22.7 Å². The van der Waals surface area contributed by atoms with Gasteiger partial charge in [0, 0.05) is 27.4 Å². The van der Waals surface area contributed by atoms with Gasteiger partial charge in [-0.2, -0.15) is 5.26 Å². The Bertz CT molecular complexity index is 2150. The van der Waals surface area contributed by atoms with Crippen LogP contribution < -0.4 is 0 Å². The van der Waals surface area contributed by atoms with E-state index in [-0.39, 0.29) is 5.41 Å².